The Hall–Kier alpha value is -3.80. The van der Waals surface area contributed by atoms with Crippen LogP contribution in [0.25, 0.3) is 21.9 Å². The van der Waals surface area contributed by atoms with Crippen molar-refractivity contribution in [1.82, 2.24) is 8.87 Å². The van der Waals surface area contributed by atoms with Crippen LogP contribution in [-0.2, 0) is 17.4 Å². The summed E-state index contributed by atoms with van der Waals surface area (Å²) < 4.78 is 45.5. The first kappa shape index (κ1) is 33.1. The van der Waals surface area contributed by atoms with Crippen molar-refractivity contribution in [2.75, 3.05) is 25.0 Å². The average Bonchev–Trinajstić information content (AvgIpc) is 3.58. The topological polar surface area (TPSA) is 94.8 Å². The fraction of sp³-hybridized carbons (Fsp3) is 0.389. The van der Waals surface area contributed by atoms with Crippen molar-refractivity contribution in [3.05, 3.63) is 93.8 Å². The summed E-state index contributed by atoms with van der Waals surface area (Å²) >= 11 is 1.23. The van der Waals surface area contributed by atoms with E-state index in [1.54, 1.807) is 6.07 Å². The highest BCUT2D eigenvalue weighted by atomic mass is 32.2. The molecular formula is C36H38F3N3O4S. The van der Waals surface area contributed by atoms with E-state index in [4.69, 9.17) is 0 Å². The van der Waals surface area contributed by atoms with Gasteiger partial charge in [0, 0.05) is 37.7 Å². The quantitative estimate of drug-likeness (QED) is 0.111. The molecule has 3 aromatic carbocycles. The molecule has 1 saturated carbocycles. The fourth-order valence-corrected chi connectivity index (χ4v) is 8.12. The van der Waals surface area contributed by atoms with Gasteiger partial charge in [-0.2, -0.15) is 13.2 Å². The number of pyridine rings is 1. The van der Waals surface area contributed by atoms with Gasteiger partial charge < -0.3 is 15.5 Å². The molecule has 1 aliphatic carbocycles. The lowest BCUT2D eigenvalue weighted by Gasteiger charge is -2.36. The number of aromatic nitrogens is 1. The number of rotatable bonds is 11. The molecule has 0 spiro atoms. The lowest BCUT2D eigenvalue weighted by molar-refractivity contribution is -0.141. The van der Waals surface area contributed by atoms with Crippen LogP contribution in [0.3, 0.4) is 0 Å². The number of aliphatic carboxylic acids is 1. The number of benzene rings is 3. The van der Waals surface area contributed by atoms with Crippen molar-refractivity contribution in [3.8, 4) is 11.1 Å². The van der Waals surface area contributed by atoms with Gasteiger partial charge in [0.2, 0.25) is 0 Å². The second kappa shape index (κ2) is 14.1. The summed E-state index contributed by atoms with van der Waals surface area (Å²) in [5, 5.41) is 25.5. The molecule has 1 fully saturated rings. The van der Waals surface area contributed by atoms with Crippen molar-refractivity contribution < 1.29 is 28.2 Å². The number of aliphatic hydroxyl groups is 1. The van der Waals surface area contributed by atoms with Crippen molar-refractivity contribution in [2.45, 2.75) is 74.7 Å². The molecule has 1 aromatic heterocycles. The molecule has 0 amide bonds. The van der Waals surface area contributed by atoms with E-state index in [1.807, 2.05) is 46.8 Å². The third-order valence-corrected chi connectivity index (χ3v) is 10.3. The summed E-state index contributed by atoms with van der Waals surface area (Å²) in [6, 6.07) is 17.6. The first-order valence-corrected chi connectivity index (χ1v) is 16.9. The lowest BCUT2D eigenvalue weighted by atomic mass is 9.91. The smallest absolute Gasteiger partial charge is 0.416 e. The molecule has 1 atom stereocenters. The van der Waals surface area contributed by atoms with Crippen molar-refractivity contribution in [2.24, 2.45) is 0 Å². The molecule has 4 aromatic rings. The molecule has 7 nitrogen and oxygen atoms in total. The van der Waals surface area contributed by atoms with Crippen LogP contribution in [0.2, 0.25) is 0 Å². The highest BCUT2D eigenvalue weighted by molar-refractivity contribution is 7.97. The molecule has 6 rings (SSSR count). The summed E-state index contributed by atoms with van der Waals surface area (Å²) in [5.74, 6) is -1.18. The van der Waals surface area contributed by atoms with E-state index in [1.165, 1.54) is 22.6 Å². The number of nitrogens with zero attached hydrogens (tertiary/aromatic N) is 2. The highest BCUT2D eigenvalue weighted by Gasteiger charge is 2.38. The van der Waals surface area contributed by atoms with E-state index in [0.29, 0.717) is 35.5 Å². The van der Waals surface area contributed by atoms with Gasteiger partial charge in [-0.3, -0.25) is 9.36 Å². The van der Waals surface area contributed by atoms with Crippen molar-refractivity contribution >= 4 is 34.4 Å². The zero-order valence-electron chi connectivity index (χ0n) is 25.9. The van der Waals surface area contributed by atoms with E-state index < -0.39 is 29.3 Å². The molecule has 248 valence electrons. The number of halogens is 3. The fourth-order valence-electron chi connectivity index (χ4n) is 6.81. The van der Waals surface area contributed by atoms with Gasteiger partial charge in [0.1, 0.15) is 16.8 Å². The van der Waals surface area contributed by atoms with E-state index >= 15 is 0 Å². The SMILES string of the molecule is O=C(O)C1CN(CCCCCO)Sc2c(-c3cccc(C(F)(F)F)c3)c(Cc3cccc4ccccc34)c(NC3CCCC3)c(=O)n21. The van der Waals surface area contributed by atoms with E-state index in [0.717, 1.165) is 60.6 Å². The van der Waals surface area contributed by atoms with Gasteiger partial charge in [0.15, 0.2) is 0 Å². The standard InChI is InChI=1S/C36H38F3N3O4S/c37-36(38,39)26-14-9-13-25(20-26)31-29(21-24-12-8-11-23-10-2-5-17-28(23)24)32(40-27-15-3-4-16-27)33(44)42-30(35(45)46)22-41(47-34(31)42)18-6-1-7-19-43/h2,5,8-14,17,20,27,30,40,43H,1,3-4,6-7,15-16,18-19,21-22H2,(H,45,46). The number of carbonyl (C=O) groups is 1. The van der Waals surface area contributed by atoms with Gasteiger partial charge in [-0.15, -0.1) is 0 Å². The predicted octanol–water partition coefficient (Wildman–Crippen LogP) is 7.74. The summed E-state index contributed by atoms with van der Waals surface area (Å²) in [7, 11) is 0. The van der Waals surface area contributed by atoms with Crippen LogP contribution in [-0.4, -0.2) is 50.8 Å². The monoisotopic (exact) mass is 665 g/mol. The minimum absolute atomic E-state index is 0.00970. The molecule has 0 bridgehead atoms. The Morgan fingerprint density at radius 1 is 0.979 bits per heavy atom. The van der Waals surface area contributed by atoms with Crippen LogP contribution in [0.1, 0.15) is 67.7 Å². The van der Waals surface area contributed by atoms with Crippen LogP contribution in [0, 0.1) is 0 Å². The molecule has 0 radical (unpaired) electrons. The Bertz CT molecular complexity index is 1810. The molecule has 0 saturated heterocycles. The Morgan fingerprint density at radius 2 is 1.72 bits per heavy atom. The molecular weight excluding hydrogens is 627 g/mol. The maximum atomic E-state index is 14.6. The minimum atomic E-state index is -4.60. The Kier molecular flexibility index (Phi) is 9.96. The number of hydrogen-bond acceptors (Lipinski definition) is 6. The minimum Gasteiger partial charge on any atom is -0.480 e. The zero-order valence-corrected chi connectivity index (χ0v) is 26.7. The Labute approximate surface area is 275 Å². The largest absolute Gasteiger partial charge is 0.480 e. The van der Waals surface area contributed by atoms with Gasteiger partial charge in [0.05, 0.1) is 5.56 Å². The van der Waals surface area contributed by atoms with E-state index in [9.17, 15) is 33.0 Å². The second-order valence-electron chi connectivity index (χ2n) is 12.3. The zero-order chi connectivity index (χ0) is 33.1. The van der Waals surface area contributed by atoms with Crippen LogP contribution >= 0.6 is 11.9 Å². The van der Waals surface area contributed by atoms with Crippen LogP contribution in [0.15, 0.2) is 76.6 Å². The molecule has 11 heteroatoms. The summed E-state index contributed by atoms with van der Waals surface area (Å²) in [4.78, 5) is 27.4. The number of nitrogens with one attached hydrogen (secondary N) is 1. The first-order chi connectivity index (χ1) is 22.7. The van der Waals surface area contributed by atoms with Crippen LogP contribution < -0.4 is 10.9 Å². The molecule has 1 unspecified atom stereocenters. The van der Waals surface area contributed by atoms with Crippen molar-refractivity contribution in [3.63, 3.8) is 0 Å². The molecule has 3 N–H and O–H groups in total. The second-order valence-corrected chi connectivity index (χ2v) is 13.4. The van der Waals surface area contributed by atoms with Gasteiger partial charge in [-0.1, -0.05) is 67.4 Å². The number of aliphatic hydroxyl groups excluding tert-OH is 1. The first-order valence-electron chi connectivity index (χ1n) is 16.1. The number of fused-ring (bicyclic) bond motifs is 2. The number of alkyl halides is 3. The average molecular weight is 666 g/mol. The van der Waals surface area contributed by atoms with Crippen LogP contribution in [0.4, 0.5) is 18.9 Å². The highest BCUT2D eigenvalue weighted by Crippen LogP contribution is 2.45. The van der Waals surface area contributed by atoms with E-state index in [2.05, 4.69) is 5.32 Å². The maximum Gasteiger partial charge on any atom is 0.416 e. The summed E-state index contributed by atoms with van der Waals surface area (Å²) in [6.45, 7) is 0.599. The van der Waals surface area contributed by atoms with Crippen molar-refractivity contribution in [1.29, 1.82) is 0 Å². The van der Waals surface area contributed by atoms with Gasteiger partial charge in [0.25, 0.3) is 5.56 Å². The third kappa shape index (κ3) is 7.07. The van der Waals surface area contributed by atoms with Crippen LogP contribution in [0.5, 0.6) is 0 Å². The third-order valence-electron chi connectivity index (χ3n) is 9.15. The van der Waals surface area contributed by atoms with Gasteiger partial charge >= 0.3 is 12.1 Å². The molecule has 2 heterocycles. The van der Waals surface area contributed by atoms with Gasteiger partial charge in [-0.05, 0) is 83.6 Å². The number of carboxylic acid groups (broad SMARTS) is 1. The number of hydrogen-bond donors (Lipinski definition) is 3. The predicted molar refractivity (Wildman–Crippen MR) is 179 cm³/mol. The number of carboxylic acids is 1. The van der Waals surface area contributed by atoms with E-state index in [-0.39, 0.29) is 36.9 Å². The summed E-state index contributed by atoms with van der Waals surface area (Å²) in [5.41, 5.74) is 1.13. The lowest BCUT2D eigenvalue weighted by Crippen LogP contribution is -2.43. The summed E-state index contributed by atoms with van der Waals surface area (Å²) in [6.07, 6.45) is 1.33. The Balaban J connectivity index is 1.63. The molecule has 2 aliphatic rings. The molecule has 1 aliphatic heterocycles. The Morgan fingerprint density at radius 3 is 2.47 bits per heavy atom. The molecule has 47 heavy (non-hydrogen) atoms. The number of unbranched alkanes of at least 4 members (excludes halogenated alkanes) is 2. The van der Waals surface area contributed by atoms with Gasteiger partial charge in [-0.25, -0.2) is 9.10 Å². The number of anilines is 1. The normalized spacial score (nSPS) is 17.2. The maximum absolute atomic E-state index is 14.6.